The van der Waals surface area contributed by atoms with Crippen molar-refractivity contribution in [3.8, 4) is 0 Å². The predicted octanol–water partition coefficient (Wildman–Crippen LogP) is 7.19. The van der Waals surface area contributed by atoms with Gasteiger partial charge in [-0.2, -0.15) is 0 Å². The van der Waals surface area contributed by atoms with Crippen molar-refractivity contribution in [2.75, 3.05) is 13.2 Å². The van der Waals surface area contributed by atoms with E-state index in [1.165, 1.54) is 0 Å². The van der Waals surface area contributed by atoms with Gasteiger partial charge in [-0.3, -0.25) is 9.59 Å². The number of ether oxygens (including phenoxy) is 2. The largest absolute Gasteiger partial charge is 0.465 e. The molecular weight excluding hydrogens is 376 g/mol. The van der Waals surface area contributed by atoms with E-state index in [4.69, 9.17) is 9.47 Å². The highest BCUT2D eigenvalue weighted by molar-refractivity contribution is 5.83. The number of esters is 2. The van der Waals surface area contributed by atoms with E-state index in [2.05, 4.69) is 48.5 Å². The van der Waals surface area contributed by atoms with Crippen LogP contribution in [-0.4, -0.2) is 25.2 Å². The van der Waals surface area contributed by atoms with E-state index in [1.54, 1.807) is 0 Å². The first-order valence-corrected chi connectivity index (χ1v) is 12.0. The van der Waals surface area contributed by atoms with Gasteiger partial charge in [0.15, 0.2) is 0 Å². The number of carbonyl (C=O) groups excluding carboxylic acids is 2. The van der Waals surface area contributed by atoms with Crippen molar-refractivity contribution in [2.45, 2.75) is 114 Å². The van der Waals surface area contributed by atoms with Gasteiger partial charge in [0, 0.05) is 0 Å². The maximum Gasteiger partial charge on any atom is 0.312 e. The summed E-state index contributed by atoms with van der Waals surface area (Å²) in [5, 5.41) is 0. The lowest BCUT2D eigenvalue weighted by molar-refractivity contribution is -0.168. The van der Waals surface area contributed by atoms with E-state index >= 15 is 0 Å². The molecule has 0 atom stereocenters. The van der Waals surface area contributed by atoms with Crippen molar-refractivity contribution in [3.63, 3.8) is 0 Å². The highest BCUT2D eigenvalue weighted by Gasteiger charge is 2.45. The van der Waals surface area contributed by atoms with Crippen LogP contribution in [0.25, 0.3) is 0 Å². The van der Waals surface area contributed by atoms with Gasteiger partial charge in [-0.05, 0) is 35.5 Å². The van der Waals surface area contributed by atoms with Gasteiger partial charge in [-0.1, -0.05) is 94.9 Å². The average Bonchev–Trinajstić information content (AvgIpc) is 2.65. The molecule has 0 aromatic rings. The molecule has 0 fully saturated rings. The molecule has 0 bridgehead atoms. The molecule has 0 N–H and O–H groups in total. The topological polar surface area (TPSA) is 52.6 Å². The van der Waals surface area contributed by atoms with E-state index in [-0.39, 0.29) is 29.2 Å². The third-order valence-corrected chi connectivity index (χ3v) is 5.89. The van der Waals surface area contributed by atoms with E-state index < -0.39 is 5.41 Å². The van der Waals surface area contributed by atoms with Gasteiger partial charge in [-0.15, -0.1) is 0 Å². The lowest BCUT2D eigenvalue weighted by atomic mass is 9.69. The Labute approximate surface area is 186 Å². The van der Waals surface area contributed by atoms with Gasteiger partial charge in [0.1, 0.15) is 0 Å². The van der Waals surface area contributed by atoms with Crippen molar-refractivity contribution in [3.05, 3.63) is 0 Å². The molecule has 0 radical (unpaired) electrons. The maximum atomic E-state index is 13.6. The second-order valence-electron chi connectivity index (χ2n) is 11.6. The van der Waals surface area contributed by atoms with Crippen molar-refractivity contribution in [1.82, 2.24) is 0 Å². The Hall–Kier alpha value is -1.06. The monoisotopic (exact) mass is 426 g/mol. The number of hydrogen-bond donors (Lipinski definition) is 0. The summed E-state index contributed by atoms with van der Waals surface area (Å²) in [4.78, 5) is 26.5. The van der Waals surface area contributed by atoms with E-state index in [9.17, 15) is 9.59 Å². The summed E-state index contributed by atoms with van der Waals surface area (Å²) in [6.07, 6.45) is 5.44. The standard InChI is InChI=1S/C26H50O4/c1-11-20(12-2)15-26(16-21(13-3)14-4,23(28)30-19-25(8,9)10)17-22(27)29-18-24(5,6)7/h20-21H,11-19H2,1-10H3. The summed E-state index contributed by atoms with van der Waals surface area (Å²) < 4.78 is 11.5. The Morgan fingerprint density at radius 3 is 1.37 bits per heavy atom. The minimum Gasteiger partial charge on any atom is -0.465 e. The van der Waals surface area contributed by atoms with Crippen LogP contribution >= 0.6 is 0 Å². The third kappa shape index (κ3) is 11.4. The molecule has 4 nitrogen and oxygen atoms in total. The molecule has 0 amide bonds. The van der Waals surface area contributed by atoms with Crippen LogP contribution in [-0.2, 0) is 19.1 Å². The smallest absolute Gasteiger partial charge is 0.312 e. The summed E-state index contributed by atoms with van der Waals surface area (Å²) in [5.41, 5.74) is -1.03. The SMILES string of the molecule is CCC(CC)CC(CC(=O)OCC(C)(C)C)(CC(CC)CC)C(=O)OCC(C)(C)C. The zero-order valence-corrected chi connectivity index (χ0v) is 21.7. The molecule has 0 saturated carbocycles. The van der Waals surface area contributed by atoms with E-state index in [0.717, 1.165) is 25.7 Å². The van der Waals surface area contributed by atoms with E-state index in [1.807, 2.05) is 20.8 Å². The molecule has 0 aliphatic rings. The van der Waals surface area contributed by atoms with Crippen molar-refractivity contribution < 1.29 is 19.1 Å². The molecule has 0 aliphatic carbocycles. The van der Waals surface area contributed by atoms with Gasteiger partial charge < -0.3 is 9.47 Å². The van der Waals surface area contributed by atoms with Crippen molar-refractivity contribution >= 4 is 11.9 Å². The first-order chi connectivity index (χ1) is 13.7. The highest BCUT2D eigenvalue weighted by atomic mass is 16.5. The van der Waals surface area contributed by atoms with Crippen LogP contribution in [0.3, 0.4) is 0 Å². The van der Waals surface area contributed by atoms with Gasteiger partial charge in [0.2, 0.25) is 0 Å². The molecule has 0 aromatic carbocycles. The van der Waals surface area contributed by atoms with Crippen LogP contribution in [0.1, 0.15) is 114 Å². The Kier molecular flexibility index (Phi) is 12.3. The third-order valence-electron chi connectivity index (χ3n) is 5.89. The lowest BCUT2D eigenvalue weighted by Gasteiger charge is -2.37. The molecule has 0 unspecified atom stereocenters. The van der Waals surface area contributed by atoms with Crippen LogP contribution in [0.5, 0.6) is 0 Å². The summed E-state index contributed by atoms with van der Waals surface area (Å²) >= 11 is 0. The quantitative estimate of drug-likeness (QED) is 0.292. The van der Waals surface area contributed by atoms with Crippen LogP contribution in [0, 0.1) is 28.1 Å². The van der Waals surface area contributed by atoms with Crippen LogP contribution in [0.4, 0.5) is 0 Å². The molecule has 178 valence electrons. The highest BCUT2D eigenvalue weighted by Crippen LogP contribution is 2.42. The number of carbonyl (C=O) groups is 2. The van der Waals surface area contributed by atoms with Gasteiger partial charge in [0.05, 0.1) is 25.0 Å². The van der Waals surface area contributed by atoms with Gasteiger partial charge in [-0.25, -0.2) is 0 Å². The fourth-order valence-electron chi connectivity index (χ4n) is 3.79. The second kappa shape index (κ2) is 12.7. The minimum atomic E-state index is -0.812. The maximum absolute atomic E-state index is 13.6. The van der Waals surface area contributed by atoms with Crippen LogP contribution in [0.2, 0.25) is 0 Å². The molecule has 30 heavy (non-hydrogen) atoms. The zero-order valence-electron chi connectivity index (χ0n) is 21.7. The summed E-state index contributed by atoms with van der Waals surface area (Å²) in [5.74, 6) is 0.271. The number of rotatable bonds is 13. The van der Waals surface area contributed by atoms with Crippen molar-refractivity contribution in [1.29, 1.82) is 0 Å². The number of hydrogen-bond acceptors (Lipinski definition) is 4. The normalized spacial score (nSPS) is 13.1. The predicted molar refractivity (Wildman–Crippen MR) is 125 cm³/mol. The zero-order chi connectivity index (χ0) is 23.6. The summed E-state index contributed by atoms with van der Waals surface area (Å²) in [6.45, 7) is 21.7. The summed E-state index contributed by atoms with van der Waals surface area (Å²) in [6, 6.07) is 0. The Morgan fingerprint density at radius 1 is 0.667 bits per heavy atom. The van der Waals surface area contributed by atoms with Gasteiger partial charge in [0.25, 0.3) is 0 Å². The second-order valence-corrected chi connectivity index (χ2v) is 11.6. The lowest BCUT2D eigenvalue weighted by Crippen LogP contribution is -2.40. The van der Waals surface area contributed by atoms with Crippen molar-refractivity contribution in [2.24, 2.45) is 28.1 Å². The van der Waals surface area contributed by atoms with E-state index in [0.29, 0.717) is 37.9 Å². The minimum absolute atomic E-state index is 0.101. The first-order valence-electron chi connectivity index (χ1n) is 12.0. The molecule has 4 heteroatoms. The molecule has 0 rings (SSSR count). The fourth-order valence-corrected chi connectivity index (χ4v) is 3.79. The Balaban J connectivity index is 5.92. The van der Waals surface area contributed by atoms with Crippen LogP contribution in [0.15, 0.2) is 0 Å². The molecule has 0 spiro atoms. The van der Waals surface area contributed by atoms with Gasteiger partial charge >= 0.3 is 11.9 Å². The average molecular weight is 427 g/mol. The molecule has 0 saturated heterocycles. The fraction of sp³-hybridized carbons (Fsp3) is 0.923. The summed E-state index contributed by atoms with van der Waals surface area (Å²) in [7, 11) is 0. The molecular formula is C26H50O4. The van der Waals surface area contributed by atoms with Crippen LogP contribution < -0.4 is 0 Å². The first kappa shape index (κ1) is 28.9. The molecule has 0 heterocycles. The Bertz CT molecular complexity index is 488. The molecule has 0 aromatic heterocycles. The molecule has 0 aliphatic heterocycles. The Morgan fingerprint density at radius 2 is 1.03 bits per heavy atom.